The van der Waals surface area contributed by atoms with Crippen LogP contribution in [0.15, 0.2) is 48.9 Å². The fraction of sp³-hybridized carbons (Fsp3) is 0.318. The molecule has 3 N–H and O–H groups in total. The molecule has 1 aliphatic heterocycles. The molecule has 1 fully saturated rings. The Morgan fingerprint density at radius 3 is 2.76 bits per heavy atom. The zero-order chi connectivity index (χ0) is 20.2. The molecule has 1 saturated heterocycles. The largest absolute Gasteiger partial charge is 0.383 e. The maximum Gasteiger partial charge on any atom is 0.253 e. The highest BCUT2D eigenvalue weighted by atomic mass is 16.1. The highest BCUT2D eigenvalue weighted by Crippen LogP contribution is 2.20. The Kier molecular flexibility index (Phi) is 5.69. The van der Waals surface area contributed by atoms with Gasteiger partial charge in [0.05, 0.1) is 5.56 Å². The lowest BCUT2D eigenvalue weighted by Crippen LogP contribution is -2.43. The number of hydrogen-bond donors (Lipinski definition) is 2. The molecule has 3 aromatic rings. The fourth-order valence-electron chi connectivity index (χ4n) is 3.61. The van der Waals surface area contributed by atoms with Crippen LogP contribution >= 0.6 is 0 Å². The molecular formula is C22H26N6O. The first-order valence-corrected chi connectivity index (χ1v) is 9.84. The lowest BCUT2D eigenvalue weighted by atomic mass is 10.1. The number of carbonyl (C=O) groups is 1. The van der Waals surface area contributed by atoms with E-state index in [9.17, 15) is 4.79 Å². The van der Waals surface area contributed by atoms with Crippen molar-refractivity contribution in [3.63, 3.8) is 0 Å². The Hall–Kier alpha value is -3.03. The van der Waals surface area contributed by atoms with Crippen LogP contribution in [0.2, 0.25) is 0 Å². The highest BCUT2D eigenvalue weighted by molar-refractivity contribution is 5.94. The summed E-state index contributed by atoms with van der Waals surface area (Å²) < 4.78 is 0. The smallest absolute Gasteiger partial charge is 0.253 e. The lowest BCUT2D eigenvalue weighted by molar-refractivity contribution is 0.0950. The molecule has 7 nitrogen and oxygen atoms in total. The van der Waals surface area contributed by atoms with Crippen LogP contribution in [0.4, 0.5) is 5.82 Å². The third-order valence-corrected chi connectivity index (χ3v) is 5.37. The van der Waals surface area contributed by atoms with Gasteiger partial charge in [0.1, 0.15) is 5.82 Å². The molecule has 1 amide bonds. The molecule has 4 rings (SSSR count). The molecule has 0 aliphatic carbocycles. The van der Waals surface area contributed by atoms with Gasteiger partial charge in [-0.05, 0) is 41.8 Å². The summed E-state index contributed by atoms with van der Waals surface area (Å²) in [7, 11) is 2.14. The molecule has 1 aliphatic rings. The van der Waals surface area contributed by atoms with Crippen LogP contribution in [0.25, 0.3) is 10.8 Å². The predicted molar refractivity (Wildman–Crippen MR) is 114 cm³/mol. The Morgan fingerprint density at radius 2 is 1.93 bits per heavy atom. The zero-order valence-electron chi connectivity index (χ0n) is 16.6. The van der Waals surface area contributed by atoms with Crippen molar-refractivity contribution < 1.29 is 4.79 Å². The molecular weight excluding hydrogens is 364 g/mol. The predicted octanol–water partition coefficient (Wildman–Crippen LogP) is 1.89. The van der Waals surface area contributed by atoms with Gasteiger partial charge in [-0.15, -0.1) is 0 Å². The van der Waals surface area contributed by atoms with Crippen molar-refractivity contribution >= 4 is 22.5 Å². The molecule has 7 heteroatoms. The van der Waals surface area contributed by atoms with E-state index >= 15 is 0 Å². The van der Waals surface area contributed by atoms with E-state index in [0.717, 1.165) is 54.6 Å². The molecule has 0 unspecified atom stereocenters. The number of benzene rings is 1. The number of hydrogen-bond acceptors (Lipinski definition) is 6. The van der Waals surface area contributed by atoms with E-state index in [1.165, 1.54) is 0 Å². The molecule has 0 spiro atoms. The fourth-order valence-corrected chi connectivity index (χ4v) is 3.61. The van der Waals surface area contributed by atoms with Crippen molar-refractivity contribution in [3.05, 3.63) is 65.6 Å². The maximum absolute atomic E-state index is 12.6. The lowest BCUT2D eigenvalue weighted by Gasteiger charge is -2.32. The Labute approximate surface area is 170 Å². The second-order valence-electron chi connectivity index (χ2n) is 7.60. The number of nitrogens with one attached hydrogen (secondary N) is 1. The topological polar surface area (TPSA) is 87.4 Å². The SMILES string of the molecule is CN1CCN(Cc2cncc(C(=O)NCc3ccc4c(N)nccc4c3)c2)CC1. The monoisotopic (exact) mass is 390 g/mol. The van der Waals surface area contributed by atoms with E-state index in [1.807, 2.05) is 36.5 Å². The van der Waals surface area contributed by atoms with Crippen molar-refractivity contribution in [1.82, 2.24) is 25.1 Å². The minimum Gasteiger partial charge on any atom is -0.383 e. The van der Waals surface area contributed by atoms with Gasteiger partial charge in [-0.3, -0.25) is 14.7 Å². The van der Waals surface area contributed by atoms with Crippen LogP contribution in [0.3, 0.4) is 0 Å². The van der Waals surface area contributed by atoms with Gasteiger partial charge >= 0.3 is 0 Å². The summed E-state index contributed by atoms with van der Waals surface area (Å²) >= 11 is 0. The molecule has 0 radical (unpaired) electrons. The highest BCUT2D eigenvalue weighted by Gasteiger charge is 2.15. The van der Waals surface area contributed by atoms with Crippen LogP contribution in [0.5, 0.6) is 0 Å². The number of aromatic nitrogens is 2. The summed E-state index contributed by atoms with van der Waals surface area (Å²) in [6.07, 6.45) is 5.16. The Morgan fingerprint density at radius 1 is 1.10 bits per heavy atom. The van der Waals surface area contributed by atoms with Gasteiger partial charge < -0.3 is 16.0 Å². The second kappa shape index (κ2) is 8.55. The van der Waals surface area contributed by atoms with E-state index in [-0.39, 0.29) is 5.91 Å². The number of piperazine rings is 1. The number of nitrogen functional groups attached to an aromatic ring is 1. The molecule has 29 heavy (non-hydrogen) atoms. The number of carbonyl (C=O) groups excluding carboxylic acids is 1. The zero-order valence-corrected chi connectivity index (χ0v) is 16.6. The first-order valence-electron chi connectivity index (χ1n) is 9.84. The van der Waals surface area contributed by atoms with Gasteiger partial charge in [-0.2, -0.15) is 0 Å². The molecule has 0 bridgehead atoms. The number of fused-ring (bicyclic) bond motifs is 1. The molecule has 1 aromatic carbocycles. The standard InChI is InChI=1S/C22H26N6O/c1-27-6-8-28(9-7-27)15-17-11-19(14-24-12-17)22(29)26-13-16-2-3-20-18(10-16)4-5-25-21(20)23/h2-5,10-12,14H,6-9,13,15H2,1H3,(H2,23,25)(H,26,29). The first kappa shape index (κ1) is 19.3. The van der Waals surface area contributed by atoms with Gasteiger partial charge in [0.25, 0.3) is 5.91 Å². The molecule has 3 heterocycles. The first-order chi connectivity index (χ1) is 14.1. The van der Waals surface area contributed by atoms with Crippen LogP contribution in [0, 0.1) is 0 Å². The molecule has 150 valence electrons. The number of likely N-dealkylation sites (N-methyl/N-ethyl adjacent to an activating group) is 1. The third-order valence-electron chi connectivity index (χ3n) is 5.37. The molecule has 0 saturated carbocycles. The van der Waals surface area contributed by atoms with E-state index < -0.39 is 0 Å². The number of nitrogens with zero attached hydrogens (tertiary/aromatic N) is 4. The van der Waals surface area contributed by atoms with Crippen LogP contribution in [-0.4, -0.2) is 58.9 Å². The number of amides is 1. The summed E-state index contributed by atoms with van der Waals surface area (Å²) in [4.78, 5) is 25.7. The number of nitrogens with two attached hydrogens (primary N) is 1. The number of rotatable bonds is 5. The normalized spacial score (nSPS) is 15.5. The van der Waals surface area contributed by atoms with Gasteiger partial charge in [0.15, 0.2) is 0 Å². The van der Waals surface area contributed by atoms with Crippen LogP contribution in [0.1, 0.15) is 21.5 Å². The van der Waals surface area contributed by atoms with Crippen molar-refractivity contribution in [3.8, 4) is 0 Å². The minimum absolute atomic E-state index is 0.118. The third kappa shape index (κ3) is 4.70. The van der Waals surface area contributed by atoms with Gasteiger partial charge in [-0.25, -0.2) is 4.98 Å². The van der Waals surface area contributed by atoms with E-state index in [2.05, 4.69) is 32.1 Å². The van der Waals surface area contributed by atoms with Crippen LogP contribution < -0.4 is 11.1 Å². The van der Waals surface area contributed by atoms with Crippen molar-refractivity contribution in [2.75, 3.05) is 39.0 Å². The van der Waals surface area contributed by atoms with Gasteiger partial charge in [0, 0.05) is 63.2 Å². The minimum atomic E-state index is -0.118. The van der Waals surface area contributed by atoms with Crippen molar-refractivity contribution in [2.24, 2.45) is 0 Å². The Balaban J connectivity index is 1.38. The number of pyridine rings is 2. The molecule has 0 atom stereocenters. The second-order valence-corrected chi connectivity index (χ2v) is 7.60. The van der Waals surface area contributed by atoms with Gasteiger partial charge in [-0.1, -0.05) is 12.1 Å². The maximum atomic E-state index is 12.6. The summed E-state index contributed by atoms with van der Waals surface area (Å²) in [5.41, 5.74) is 8.57. The van der Waals surface area contributed by atoms with Crippen molar-refractivity contribution in [1.29, 1.82) is 0 Å². The summed E-state index contributed by atoms with van der Waals surface area (Å²) in [5.74, 6) is 0.397. The van der Waals surface area contributed by atoms with Crippen molar-refractivity contribution in [2.45, 2.75) is 13.1 Å². The van der Waals surface area contributed by atoms with Gasteiger partial charge in [0.2, 0.25) is 0 Å². The summed E-state index contributed by atoms with van der Waals surface area (Å²) in [6, 6.07) is 9.78. The average Bonchev–Trinajstić information content (AvgIpc) is 2.74. The van der Waals surface area contributed by atoms with Crippen LogP contribution in [-0.2, 0) is 13.1 Å². The number of anilines is 1. The summed E-state index contributed by atoms with van der Waals surface area (Å²) in [6.45, 7) is 5.48. The van der Waals surface area contributed by atoms with E-state index in [0.29, 0.717) is 17.9 Å². The summed E-state index contributed by atoms with van der Waals surface area (Å²) in [5, 5.41) is 4.92. The molecule has 2 aromatic heterocycles. The average molecular weight is 390 g/mol. The van der Waals surface area contributed by atoms with E-state index in [4.69, 9.17) is 5.73 Å². The van der Waals surface area contributed by atoms with E-state index in [1.54, 1.807) is 12.4 Å². The quantitative estimate of drug-likeness (QED) is 0.692. The Bertz CT molecular complexity index is 1010.